The molecule has 0 aromatic heterocycles. The molecule has 0 heteroatoms. The van der Waals surface area contributed by atoms with Gasteiger partial charge >= 0.3 is 0 Å². The molecule has 8 aromatic rings. The van der Waals surface area contributed by atoms with Crippen molar-refractivity contribution in [2.24, 2.45) is 0 Å². The fraction of sp³-hybridized carbons (Fsp3) is 0.0638. The first-order valence-corrected chi connectivity index (χ1v) is 16.4. The molecule has 0 spiro atoms. The minimum absolute atomic E-state index is 0.0806. The summed E-state index contributed by atoms with van der Waals surface area (Å²) >= 11 is 0. The number of rotatable bonds is 2. The van der Waals surface area contributed by atoms with Crippen LogP contribution in [0.15, 0.2) is 158 Å². The van der Waals surface area contributed by atoms with Gasteiger partial charge in [0.1, 0.15) is 0 Å². The Balaban J connectivity index is 1.36. The average molecular weight is 597 g/mol. The molecule has 220 valence electrons. The summed E-state index contributed by atoms with van der Waals surface area (Å²) in [5, 5.41) is 7.31. The maximum atomic E-state index is 3.63. The normalized spacial score (nSPS) is 12.9. The van der Waals surface area contributed by atoms with E-state index in [1.807, 2.05) is 18.2 Å². The average Bonchev–Trinajstić information content (AvgIpc) is 3.35. The van der Waals surface area contributed by atoms with Gasteiger partial charge in [-0.2, -0.15) is 0 Å². The van der Waals surface area contributed by atoms with E-state index < -0.39 is 0 Å². The predicted molar refractivity (Wildman–Crippen MR) is 200 cm³/mol. The maximum absolute atomic E-state index is 3.63. The van der Waals surface area contributed by atoms with Crippen LogP contribution in [0.25, 0.3) is 65.7 Å². The lowest BCUT2D eigenvalue weighted by molar-refractivity contribution is 0.660. The van der Waals surface area contributed by atoms with Crippen molar-refractivity contribution in [1.29, 1.82) is 0 Å². The fourth-order valence-electron chi connectivity index (χ4n) is 7.78. The van der Waals surface area contributed by atoms with Crippen molar-refractivity contribution in [3.63, 3.8) is 0 Å². The molecule has 0 heterocycles. The minimum atomic E-state index is -0.0806. The molecule has 0 fully saturated rings. The molecule has 9 rings (SSSR count). The van der Waals surface area contributed by atoms with Crippen molar-refractivity contribution < 1.29 is 0 Å². The van der Waals surface area contributed by atoms with Gasteiger partial charge < -0.3 is 0 Å². The SMILES string of the molecule is CC1(C)c2ccccc2-c2ccc(-c3c4ccccc4c(C#Cc4ccccc4)c4ccc(-c5cccc6ccccc56)cc34)cc21. The summed E-state index contributed by atoms with van der Waals surface area (Å²) in [6.45, 7) is 4.72. The largest absolute Gasteiger partial charge is 0.0622 e. The van der Waals surface area contributed by atoms with Crippen LogP contribution in [0.5, 0.6) is 0 Å². The smallest absolute Gasteiger partial charge is 0.0406 e. The Hall–Kier alpha value is -5.90. The standard InChI is InChI=1S/C47H32/c1-47(2)44-22-11-10-19-40(44)41-28-25-34(30-45(41)47)46-42-20-9-8-18-37(42)38(26-23-31-13-4-3-5-14-31)39-27-24-33(29-43(39)46)36-21-12-16-32-15-6-7-17-35(32)36/h3-22,24-25,27-30H,1-2H3. The molecule has 0 N–H and O–H groups in total. The molecule has 0 unspecified atom stereocenters. The summed E-state index contributed by atoms with van der Waals surface area (Å²) in [6.07, 6.45) is 0. The number of fused-ring (bicyclic) bond motifs is 6. The van der Waals surface area contributed by atoms with Gasteiger partial charge in [0.05, 0.1) is 0 Å². The lowest BCUT2D eigenvalue weighted by Gasteiger charge is -2.23. The Morgan fingerprint density at radius 2 is 1.04 bits per heavy atom. The second-order valence-electron chi connectivity index (χ2n) is 13.1. The zero-order chi connectivity index (χ0) is 31.5. The van der Waals surface area contributed by atoms with Crippen LogP contribution in [0.1, 0.15) is 36.1 Å². The molecule has 0 atom stereocenters. The van der Waals surface area contributed by atoms with Crippen molar-refractivity contribution in [1.82, 2.24) is 0 Å². The van der Waals surface area contributed by atoms with Crippen LogP contribution < -0.4 is 0 Å². The fourth-order valence-corrected chi connectivity index (χ4v) is 7.78. The molecule has 47 heavy (non-hydrogen) atoms. The lowest BCUT2D eigenvalue weighted by atomic mass is 9.80. The first-order valence-electron chi connectivity index (χ1n) is 16.4. The Labute approximate surface area is 276 Å². The monoisotopic (exact) mass is 596 g/mol. The van der Waals surface area contributed by atoms with Gasteiger partial charge in [0.25, 0.3) is 0 Å². The zero-order valence-electron chi connectivity index (χ0n) is 26.5. The number of hydrogen-bond donors (Lipinski definition) is 0. The zero-order valence-corrected chi connectivity index (χ0v) is 26.5. The molecular formula is C47H32. The third kappa shape index (κ3) is 4.32. The summed E-state index contributed by atoms with van der Waals surface area (Å²) in [6, 6.07) is 57.4. The Morgan fingerprint density at radius 3 is 1.91 bits per heavy atom. The van der Waals surface area contributed by atoms with E-state index in [0.29, 0.717) is 0 Å². The van der Waals surface area contributed by atoms with E-state index in [1.165, 1.54) is 76.8 Å². The molecule has 0 radical (unpaired) electrons. The lowest BCUT2D eigenvalue weighted by Crippen LogP contribution is -2.14. The second kappa shape index (κ2) is 10.6. The summed E-state index contributed by atoms with van der Waals surface area (Å²) < 4.78 is 0. The summed E-state index contributed by atoms with van der Waals surface area (Å²) in [4.78, 5) is 0. The summed E-state index contributed by atoms with van der Waals surface area (Å²) in [5.74, 6) is 7.11. The number of hydrogen-bond acceptors (Lipinski definition) is 0. The van der Waals surface area contributed by atoms with E-state index >= 15 is 0 Å². The van der Waals surface area contributed by atoms with Gasteiger partial charge in [0.15, 0.2) is 0 Å². The minimum Gasteiger partial charge on any atom is -0.0622 e. The van der Waals surface area contributed by atoms with Gasteiger partial charge in [0, 0.05) is 16.5 Å². The van der Waals surface area contributed by atoms with Crippen molar-refractivity contribution in [2.45, 2.75) is 19.3 Å². The van der Waals surface area contributed by atoms with Gasteiger partial charge in [-0.1, -0.05) is 159 Å². The highest BCUT2D eigenvalue weighted by Gasteiger charge is 2.35. The van der Waals surface area contributed by atoms with Gasteiger partial charge in [0.2, 0.25) is 0 Å². The van der Waals surface area contributed by atoms with Crippen LogP contribution in [-0.4, -0.2) is 0 Å². The van der Waals surface area contributed by atoms with E-state index in [4.69, 9.17) is 0 Å². The van der Waals surface area contributed by atoms with Crippen LogP contribution in [-0.2, 0) is 5.41 Å². The van der Waals surface area contributed by atoms with E-state index in [1.54, 1.807) is 0 Å². The van der Waals surface area contributed by atoms with Gasteiger partial charge in [-0.15, -0.1) is 0 Å². The van der Waals surface area contributed by atoms with Crippen molar-refractivity contribution in [3.8, 4) is 45.2 Å². The molecule has 0 amide bonds. The van der Waals surface area contributed by atoms with Crippen LogP contribution in [0.3, 0.4) is 0 Å². The van der Waals surface area contributed by atoms with E-state index in [0.717, 1.165) is 11.1 Å². The highest BCUT2D eigenvalue weighted by atomic mass is 14.4. The molecular weight excluding hydrogens is 565 g/mol. The molecule has 0 saturated carbocycles. The summed E-state index contributed by atoms with van der Waals surface area (Å²) in [7, 11) is 0. The van der Waals surface area contributed by atoms with E-state index in [-0.39, 0.29) is 5.41 Å². The highest BCUT2D eigenvalue weighted by Crippen LogP contribution is 2.51. The molecule has 1 aliphatic carbocycles. The number of benzene rings is 8. The van der Waals surface area contributed by atoms with Gasteiger partial charge in [-0.05, 0) is 101 Å². The van der Waals surface area contributed by atoms with E-state index in [9.17, 15) is 0 Å². The van der Waals surface area contributed by atoms with Crippen LogP contribution in [0, 0.1) is 11.8 Å². The molecule has 0 saturated heterocycles. The Kier molecular flexibility index (Phi) is 6.17. The molecule has 0 aliphatic heterocycles. The molecule has 0 bridgehead atoms. The van der Waals surface area contributed by atoms with Crippen LogP contribution in [0.2, 0.25) is 0 Å². The Morgan fingerprint density at radius 1 is 0.404 bits per heavy atom. The van der Waals surface area contributed by atoms with Crippen molar-refractivity contribution in [3.05, 3.63) is 180 Å². The predicted octanol–water partition coefficient (Wildman–Crippen LogP) is 12.2. The second-order valence-corrected chi connectivity index (χ2v) is 13.1. The summed E-state index contributed by atoms with van der Waals surface area (Å²) in [5.41, 5.74) is 12.4. The van der Waals surface area contributed by atoms with Crippen LogP contribution in [0.4, 0.5) is 0 Å². The first-order chi connectivity index (χ1) is 23.1. The topological polar surface area (TPSA) is 0 Å². The van der Waals surface area contributed by atoms with E-state index in [2.05, 4.69) is 165 Å². The third-order valence-electron chi connectivity index (χ3n) is 10.1. The molecule has 8 aromatic carbocycles. The van der Waals surface area contributed by atoms with Crippen molar-refractivity contribution >= 4 is 32.3 Å². The first kappa shape index (κ1) is 27.4. The Bertz CT molecular complexity index is 2580. The molecule has 0 nitrogen and oxygen atoms in total. The van der Waals surface area contributed by atoms with Crippen molar-refractivity contribution in [2.75, 3.05) is 0 Å². The van der Waals surface area contributed by atoms with Crippen LogP contribution >= 0.6 is 0 Å². The van der Waals surface area contributed by atoms with Gasteiger partial charge in [-0.25, -0.2) is 0 Å². The molecule has 1 aliphatic rings. The maximum Gasteiger partial charge on any atom is 0.0406 e. The highest BCUT2D eigenvalue weighted by molar-refractivity contribution is 6.17. The quantitative estimate of drug-likeness (QED) is 0.138. The third-order valence-corrected chi connectivity index (χ3v) is 10.1. The van der Waals surface area contributed by atoms with Gasteiger partial charge in [-0.3, -0.25) is 0 Å².